The number of nitrogens with two attached hydrogens (primary N) is 1. The number of fused-ring (bicyclic) bond motifs is 1. The van der Waals surface area contributed by atoms with Gasteiger partial charge in [-0.1, -0.05) is 30.3 Å². The zero-order valence-electron chi connectivity index (χ0n) is 10.5. The molecule has 0 atom stereocenters. The maximum Gasteiger partial charge on any atom is 0.119 e. The minimum Gasteiger partial charge on any atom is -0.493 e. The third-order valence-corrected chi connectivity index (χ3v) is 2.88. The van der Waals surface area contributed by atoms with Crippen molar-refractivity contribution < 1.29 is 15.2 Å². The normalized spacial score (nSPS) is 10.7. The molecule has 0 radical (unpaired) electrons. The smallest absolute Gasteiger partial charge is 0.119 e. The monoisotopic (exact) mass is 246 g/mol. The van der Waals surface area contributed by atoms with E-state index in [1.807, 2.05) is 18.2 Å². The van der Waals surface area contributed by atoms with E-state index < -0.39 is 0 Å². The topological polar surface area (TPSA) is 46.1 Å². The summed E-state index contributed by atoms with van der Waals surface area (Å²) in [5, 5.41) is 13.2. The molecular weight excluding hydrogens is 226 g/mol. The number of quaternary nitrogens is 1. The lowest BCUT2D eigenvalue weighted by molar-refractivity contribution is -0.656. The van der Waals surface area contributed by atoms with Crippen LogP contribution in [0, 0.1) is 0 Å². The van der Waals surface area contributed by atoms with Gasteiger partial charge in [0, 0.05) is 6.42 Å². The molecule has 0 saturated heterocycles. The van der Waals surface area contributed by atoms with E-state index in [0.29, 0.717) is 0 Å². The van der Waals surface area contributed by atoms with Crippen LogP contribution in [0.5, 0.6) is 5.75 Å². The van der Waals surface area contributed by atoms with Crippen LogP contribution in [-0.2, 0) is 0 Å². The Hall–Kier alpha value is -1.58. The first-order valence-electron chi connectivity index (χ1n) is 6.44. The van der Waals surface area contributed by atoms with Crippen molar-refractivity contribution >= 4 is 10.8 Å². The highest BCUT2D eigenvalue weighted by Gasteiger charge is 1.97. The van der Waals surface area contributed by atoms with Gasteiger partial charge < -0.3 is 15.2 Å². The van der Waals surface area contributed by atoms with Crippen LogP contribution in [0.15, 0.2) is 42.5 Å². The maximum atomic E-state index is 8.64. The number of benzene rings is 2. The highest BCUT2D eigenvalue weighted by molar-refractivity contribution is 5.83. The molecule has 0 aliphatic rings. The fraction of sp³-hybridized carbons (Fsp3) is 0.333. The highest BCUT2D eigenvalue weighted by Crippen LogP contribution is 2.20. The van der Waals surface area contributed by atoms with Crippen molar-refractivity contribution in [1.82, 2.24) is 0 Å². The molecule has 2 aromatic rings. The molecule has 3 heteroatoms. The number of rotatable bonds is 7. The van der Waals surface area contributed by atoms with Gasteiger partial charge in [-0.25, -0.2) is 0 Å². The van der Waals surface area contributed by atoms with Gasteiger partial charge in [0.1, 0.15) is 5.75 Å². The fourth-order valence-electron chi connectivity index (χ4n) is 1.91. The van der Waals surface area contributed by atoms with Gasteiger partial charge in [-0.15, -0.1) is 0 Å². The van der Waals surface area contributed by atoms with Crippen molar-refractivity contribution in [3.63, 3.8) is 0 Å². The molecule has 2 aromatic carbocycles. The van der Waals surface area contributed by atoms with Crippen LogP contribution in [0.4, 0.5) is 0 Å². The summed E-state index contributed by atoms with van der Waals surface area (Å²) in [7, 11) is 0. The highest BCUT2D eigenvalue weighted by atomic mass is 16.5. The minimum absolute atomic E-state index is 0.242. The van der Waals surface area contributed by atoms with Crippen LogP contribution in [0.1, 0.15) is 6.42 Å². The Morgan fingerprint density at radius 2 is 1.83 bits per heavy atom. The third kappa shape index (κ3) is 3.72. The third-order valence-electron chi connectivity index (χ3n) is 2.88. The van der Waals surface area contributed by atoms with Crippen LogP contribution in [0.25, 0.3) is 10.8 Å². The molecule has 0 aliphatic carbocycles. The fourth-order valence-corrected chi connectivity index (χ4v) is 1.91. The summed E-state index contributed by atoms with van der Waals surface area (Å²) in [5.41, 5.74) is 0. The lowest BCUT2D eigenvalue weighted by Gasteiger charge is -2.06. The number of aliphatic hydroxyl groups is 1. The molecule has 0 bridgehead atoms. The van der Waals surface area contributed by atoms with Gasteiger partial charge in [-0.05, 0) is 22.9 Å². The number of ether oxygens (including phenoxy) is 1. The average Bonchev–Trinajstić information content (AvgIpc) is 2.42. The summed E-state index contributed by atoms with van der Waals surface area (Å²) in [4.78, 5) is 0. The van der Waals surface area contributed by atoms with Gasteiger partial charge in [-0.3, -0.25) is 0 Å². The second-order valence-electron chi connectivity index (χ2n) is 4.30. The second kappa shape index (κ2) is 6.99. The van der Waals surface area contributed by atoms with Crippen molar-refractivity contribution in [1.29, 1.82) is 0 Å². The number of hydrogen-bond donors (Lipinski definition) is 2. The van der Waals surface area contributed by atoms with E-state index in [1.54, 1.807) is 0 Å². The molecule has 0 heterocycles. The van der Waals surface area contributed by atoms with E-state index in [2.05, 4.69) is 29.6 Å². The predicted molar refractivity (Wildman–Crippen MR) is 72.8 cm³/mol. The lowest BCUT2D eigenvalue weighted by Crippen LogP contribution is -2.85. The van der Waals surface area contributed by atoms with Gasteiger partial charge in [0.15, 0.2) is 0 Å². The molecule has 3 nitrogen and oxygen atoms in total. The molecule has 3 N–H and O–H groups in total. The van der Waals surface area contributed by atoms with Crippen LogP contribution in [0.2, 0.25) is 0 Å². The molecule has 0 unspecified atom stereocenters. The Labute approximate surface area is 107 Å². The first-order chi connectivity index (χ1) is 8.90. The SMILES string of the molecule is OCC[NH2+]CCCOc1ccc2ccccc2c1. The summed E-state index contributed by atoms with van der Waals surface area (Å²) < 4.78 is 5.71. The summed E-state index contributed by atoms with van der Waals surface area (Å²) >= 11 is 0. The molecule has 0 amide bonds. The number of aliphatic hydroxyl groups excluding tert-OH is 1. The molecule has 2 rings (SSSR count). The zero-order valence-corrected chi connectivity index (χ0v) is 10.5. The molecule has 96 valence electrons. The first-order valence-corrected chi connectivity index (χ1v) is 6.44. The van der Waals surface area contributed by atoms with Gasteiger partial charge >= 0.3 is 0 Å². The van der Waals surface area contributed by atoms with Crippen molar-refractivity contribution in [3.8, 4) is 5.75 Å². The number of hydrogen-bond acceptors (Lipinski definition) is 2. The Morgan fingerprint density at radius 3 is 2.67 bits per heavy atom. The van der Waals surface area contributed by atoms with Crippen molar-refractivity contribution in [3.05, 3.63) is 42.5 Å². The summed E-state index contributed by atoms with van der Waals surface area (Å²) in [6.45, 7) is 2.73. The van der Waals surface area contributed by atoms with E-state index in [1.165, 1.54) is 10.8 Å². The van der Waals surface area contributed by atoms with Crippen molar-refractivity contribution in [2.24, 2.45) is 0 Å². The molecule has 0 aromatic heterocycles. The second-order valence-corrected chi connectivity index (χ2v) is 4.30. The minimum atomic E-state index is 0.242. The Morgan fingerprint density at radius 1 is 1.00 bits per heavy atom. The quantitative estimate of drug-likeness (QED) is 0.720. The molecule has 0 spiro atoms. The first kappa shape index (κ1) is 12.9. The van der Waals surface area contributed by atoms with Crippen LogP contribution >= 0.6 is 0 Å². The van der Waals surface area contributed by atoms with Crippen LogP contribution < -0.4 is 10.1 Å². The zero-order chi connectivity index (χ0) is 12.6. The van der Waals surface area contributed by atoms with Gasteiger partial charge in [0.2, 0.25) is 0 Å². The maximum absolute atomic E-state index is 8.64. The average molecular weight is 246 g/mol. The summed E-state index contributed by atoms with van der Waals surface area (Å²) in [5.74, 6) is 0.927. The lowest BCUT2D eigenvalue weighted by atomic mass is 10.1. The van der Waals surface area contributed by atoms with Crippen LogP contribution in [0.3, 0.4) is 0 Å². The van der Waals surface area contributed by atoms with E-state index in [-0.39, 0.29) is 6.61 Å². The van der Waals surface area contributed by atoms with Gasteiger partial charge in [0.05, 0.1) is 26.3 Å². The van der Waals surface area contributed by atoms with E-state index in [4.69, 9.17) is 9.84 Å². The summed E-state index contributed by atoms with van der Waals surface area (Å²) in [6.07, 6.45) is 0.993. The molecular formula is C15H20NO2+. The molecule has 0 fully saturated rings. The predicted octanol–water partition coefficient (Wildman–Crippen LogP) is 1.16. The van der Waals surface area contributed by atoms with Crippen molar-refractivity contribution in [2.75, 3.05) is 26.3 Å². The Kier molecular flexibility index (Phi) is 5.00. The van der Waals surface area contributed by atoms with Gasteiger partial charge in [-0.2, -0.15) is 0 Å². The van der Waals surface area contributed by atoms with Crippen molar-refractivity contribution in [2.45, 2.75) is 6.42 Å². The van der Waals surface area contributed by atoms with E-state index in [9.17, 15) is 0 Å². The van der Waals surface area contributed by atoms with Gasteiger partial charge in [0.25, 0.3) is 0 Å². The Bertz CT molecular complexity index is 485. The van der Waals surface area contributed by atoms with Crippen LogP contribution in [-0.4, -0.2) is 31.4 Å². The molecule has 18 heavy (non-hydrogen) atoms. The van der Waals surface area contributed by atoms with E-state index >= 15 is 0 Å². The summed E-state index contributed by atoms with van der Waals surface area (Å²) in [6, 6.07) is 14.4. The molecule has 0 aliphatic heterocycles. The largest absolute Gasteiger partial charge is 0.493 e. The Balaban J connectivity index is 1.81. The molecule has 0 saturated carbocycles. The standard InChI is InChI=1S/C15H19NO2/c17-10-9-16-8-3-11-18-15-7-6-13-4-1-2-5-14(13)12-15/h1-2,4-7,12,16-17H,3,8-11H2/p+1. The van der Waals surface area contributed by atoms with E-state index in [0.717, 1.165) is 31.9 Å².